The molecule has 0 saturated heterocycles. The summed E-state index contributed by atoms with van der Waals surface area (Å²) in [5.74, 6) is 0.153. The van der Waals surface area contributed by atoms with Gasteiger partial charge in [0.15, 0.2) is 0 Å². The zero-order valence-electron chi connectivity index (χ0n) is 16.1. The smallest absolute Gasteiger partial charge is 0.278 e. The second kappa shape index (κ2) is 8.48. The third-order valence-electron chi connectivity index (χ3n) is 4.39. The Morgan fingerprint density at radius 2 is 1.83 bits per heavy atom. The number of amides is 1. The minimum atomic E-state index is -0.413. The van der Waals surface area contributed by atoms with Crippen molar-refractivity contribution in [3.05, 3.63) is 76.8 Å². The fraction of sp³-hybridized carbons (Fsp3) is 0.143. The number of nitrogens with one attached hydrogen (secondary N) is 1. The number of hydrogen-bond donors (Lipinski definition) is 1. The van der Waals surface area contributed by atoms with Gasteiger partial charge in [-0.15, -0.1) is 0 Å². The van der Waals surface area contributed by atoms with Crippen LogP contribution in [0.1, 0.15) is 12.5 Å². The van der Waals surface area contributed by atoms with Gasteiger partial charge < -0.3 is 9.84 Å². The van der Waals surface area contributed by atoms with Crippen LogP contribution in [0.3, 0.4) is 0 Å². The van der Waals surface area contributed by atoms with Crippen molar-refractivity contribution in [2.75, 3.05) is 5.32 Å². The van der Waals surface area contributed by atoms with E-state index in [1.165, 1.54) is 17.7 Å². The maximum Gasteiger partial charge on any atom is 0.278 e. The van der Waals surface area contributed by atoms with Crippen molar-refractivity contribution in [2.24, 2.45) is 0 Å². The van der Waals surface area contributed by atoms with Crippen molar-refractivity contribution in [3.63, 3.8) is 0 Å². The van der Waals surface area contributed by atoms with Gasteiger partial charge in [0.1, 0.15) is 12.2 Å². The molecule has 0 unspecified atom stereocenters. The molecule has 1 aromatic carbocycles. The van der Waals surface area contributed by atoms with Crippen LogP contribution in [0, 0.1) is 0 Å². The lowest BCUT2D eigenvalue weighted by Crippen LogP contribution is -2.29. The van der Waals surface area contributed by atoms with Crippen LogP contribution in [-0.4, -0.2) is 30.8 Å². The first-order valence-electron chi connectivity index (χ1n) is 9.34. The number of anilines is 1. The molecule has 0 fully saturated rings. The lowest BCUT2D eigenvalue weighted by atomic mass is 10.1. The highest BCUT2D eigenvalue weighted by atomic mass is 16.5. The highest BCUT2D eigenvalue weighted by molar-refractivity contribution is 5.90. The van der Waals surface area contributed by atoms with Gasteiger partial charge in [0, 0.05) is 29.7 Å². The van der Waals surface area contributed by atoms with Crippen LogP contribution < -0.4 is 10.9 Å². The second-order valence-corrected chi connectivity index (χ2v) is 6.47. The number of hydrogen-bond acceptors (Lipinski definition) is 7. The first-order chi connectivity index (χ1) is 14.6. The van der Waals surface area contributed by atoms with Crippen LogP contribution in [-0.2, 0) is 17.8 Å². The summed E-state index contributed by atoms with van der Waals surface area (Å²) in [6.45, 7) is 1.82. The molecule has 3 aromatic heterocycles. The second-order valence-electron chi connectivity index (χ2n) is 6.47. The molecular weight excluding hydrogens is 384 g/mol. The van der Waals surface area contributed by atoms with E-state index in [0.717, 1.165) is 16.7 Å². The number of aryl methyl sites for hydroxylation is 1. The Balaban J connectivity index is 1.51. The van der Waals surface area contributed by atoms with Crippen molar-refractivity contribution >= 4 is 11.6 Å². The van der Waals surface area contributed by atoms with Crippen LogP contribution >= 0.6 is 0 Å². The van der Waals surface area contributed by atoms with Crippen LogP contribution in [0.5, 0.6) is 0 Å². The third kappa shape index (κ3) is 4.30. The molecule has 0 spiro atoms. The Morgan fingerprint density at radius 3 is 2.57 bits per heavy atom. The van der Waals surface area contributed by atoms with E-state index in [0.29, 0.717) is 17.2 Å². The van der Waals surface area contributed by atoms with Crippen molar-refractivity contribution < 1.29 is 9.32 Å². The van der Waals surface area contributed by atoms with Gasteiger partial charge in [-0.3, -0.25) is 14.6 Å². The predicted octanol–water partition coefficient (Wildman–Crippen LogP) is 2.56. The first kappa shape index (κ1) is 19.2. The molecule has 0 aliphatic carbocycles. The van der Waals surface area contributed by atoms with E-state index in [1.807, 2.05) is 24.3 Å². The van der Waals surface area contributed by atoms with Crippen molar-refractivity contribution in [2.45, 2.75) is 19.9 Å². The van der Waals surface area contributed by atoms with Crippen LogP contribution in [0.15, 0.2) is 70.2 Å². The van der Waals surface area contributed by atoms with Crippen LogP contribution in [0.2, 0.25) is 0 Å². The zero-order chi connectivity index (χ0) is 20.9. The Kier molecular flexibility index (Phi) is 5.42. The number of pyridine rings is 1. The fourth-order valence-corrected chi connectivity index (χ4v) is 2.78. The summed E-state index contributed by atoms with van der Waals surface area (Å²) >= 11 is 0. The third-order valence-corrected chi connectivity index (χ3v) is 4.39. The minimum absolute atomic E-state index is 0.145. The molecule has 0 radical (unpaired) electrons. The largest absolute Gasteiger partial charge is 0.332 e. The minimum Gasteiger partial charge on any atom is -0.332 e. The quantitative estimate of drug-likeness (QED) is 0.527. The van der Waals surface area contributed by atoms with E-state index in [2.05, 4.69) is 32.5 Å². The molecule has 0 saturated carbocycles. The van der Waals surface area contributed by atoms with E-state index >= 15 is 0 Å². The molecule has 0 bridgehead atoms. The summed E-state index contributed by atoms with van der Waals surface area (Å²) in [4.78, 5) is 32.8. The molecule has 0 aliphatic heterocycles. The summed E-state index contributed by atoms with van der Waals surface area (Å²) in [5, 5.41) is 10.9. The van der Waals surface area contributed by atoms with Gasteiger partial charge in [-0.25, -0.2) is 4.68 Å². The van der Waals surface area contributed by atoms with E-state index in [-0.39, 0.29) is 18.3 Å². The van der Waals surface area contributed by atoms with Gasteiger partial charge in [-0.05, 0) is 42.3 Å². The molecule has 150 valence electrons. The van der Waals surface area contributed by atoms with E-state index in [1.54, 1.807) is 24.5 Å². The Morgan fingerprint density at radius 1 is 1.07 bits per heavy atom. The maximum absolute atomic E-state index is 12.4. The predicted molar refractivity (Wildman–Crippen MR) is 109 cm³/mol. The molecule has 1 amide bonds. The van der Waals surface area contributed by atoms with Gasteiger partial charge in [0.2, 0.25) is 11.7 Å². The highest BCUT2D eigenvalue weighted by Gasteiger charge is 2.14. The van der Waals surface area contributed by atoms with Crippen molar-refractivity contribution in [1.29, 1.82) is 0 Å². The van der Waals surface area contributed by atoms with E-state index < -0.39 is 5.56 Å². The maximum atomic E-state index is 12.4. The number of benzene rings is 1. The van der Waals surface area contributed by atoms with Crippen LogP contribution in [0.4, 0.5) is 5.69 Å². The Labute approximate surface area is 171 Å². The molecule has 4 rings (SSSR count). The standard InChI is InChI=1S/C21H18N6O3/c1-2-14-3-5-16(6-4-14)23-18(28)13-27-19(29)8-7-17(25-27)21-24-20(26-30-21)15-9-11-22-12-10-15/h3-12H,2,13H2,1H3,(H,23,28). The lowest BCUT2D eigenvalue weighted by molar-refractivity contribution is -0.117. The summed E-state index contributed by atoms with van der Waals surface area (Å²) in [5.41, 5.74) is 2.44. The highest BCUT2D eigenvalue weighted by Crippen LogP contribution is 2.19. The molecule has 1 N–H and O–H groups in total. The van der Waals surface area contributed by atoms with Gasteiger partial charge in [0.05, 0.1) is 0 Å². The number of carbonyl (C=O) groups is 1. The molecule has 30 heavy (non-hydrogen) atoms. The van der Waals surface area contributed by atoms with Gasteiger partial charge in [-0.1, -0.05) is 24.2 Å². The molecule has 9 heteroatoms. The Bertz CT molecular complexity index is 1220. The molecular formula is C21H18N6O3. The summed E-state index contributed by atoms with van der Waals surface area (Å²) in [7, 11) is 0. The van der Waals surface area contributed by atoms with Gasteiger partial charge in [0.25, 0.3) is 11.4 Å². The summed E-state index contributed by atoms with van der Waals surface area (Å²) in [6, 6.07) is 13.8. The monoisotopic (exact) mass is 402 g/mol. The number of rotatable bonds is 6. The molecule has 4 aromatic rings. The summed E-state index contributed by atoms with van der Waals surface area (Å²) in [6.07, 6.45) is 4.16. The molecule has 9 nitrogen and oxygen atoms in total. The molecule has 0 atom stereocenters. The number of aromatic nitrogens is 5. The van der Waals surface area contributed by atoms with Crippen molar-refractivity contribution in [3.8, 4) is 23.0 Å². The average Bonchev–Trinajstić information content (AvgIpc) is 3.27. The van der Waals surface area contributed by atoms with Gasteiger partial charge in [-0.2, -0.15) is 10.1 Å². The van der Waals surface area contributed by atoms with Crippen molar-refractivity contribution in [1.82, 2.24) is 24.9 Å². The SMILES string of the molecule is CCc1ccc(NC(=O)Cn2nc(-c3nc(-c4ccncc4)no3)ccc2=O)cc1. The zero-order valence-corrected chi connectivity index (χ0v) is 16.1. The fourth-order valence-electron chi connectivity index (χ4n) is 2.78. The van der Waals surface area contributed by atoms with E-state index in [9.17, 15) is 9.59 Å². The number of carbonyl (C=O) groups excluding carboxylic acids is 1. The first-order valence-corrected chi connectivity index (χ1v) is 9.34. The number of nitrogens with zero attached hydrogens (tertiary/aromatic N) is 5. The topological polar surface area (TPSA) is 116 Å². The summed E-state index contributed by atoms with van der Waals surface area (Å²) < 4.78 is 6.32. The lowest BCUT2D eigenvalue weighted by Gasteiger charge is -2.07. The van der Waals surface area contributed by atoms with Gasteiger partial charge >= 0.3 is 0 Å². The van der Waals surface area contributed by atoms with Crippen LogP contribution in [0.25, 0.3) is 23.0 Å². The average molecular weight is 402 g/mol. The molecule has 3 heterocycles. The normalized spacial score (nSPS) is 10.7. The Hall–Kier alpha value is -4.14. The molecule has 0 aliphatic rings. The van der Waals surface area contributed by atoms with E-state index in [4.69, 9.17) is 4.52 Å².